The number of benzene rings is 1. The van der Waals surface area contributed by atoms with Crippen LogP contribution in [0.4, 0.5) is 0 Å². The molecule has 1 aromatic carbocycles. The first-order chi connectivity index (χ1) is 8.88. The molecule has 0 spiro atoms. The molecule has 2 saturated heterocycles. The van der Waals surface area contributed by atoms with E-state index in [-0.39, 0.29) is 24.5 Å². The van der Waals surface area contributed by atoms with E-state index in [4.69, 9.17) is 14.2 Å². The molecule has 18 heavy (non-hydrogen) atoms. The van der Waals surface area contributed by atoms with Crippen molar-refractivity contribution in [2.24, 2.45) is 0 Å². The van der Waals surface area contributed by atoms with E-state index < -0.39 is 0 Å². The molecule has 1 aromatic rings. The Kier molecular flexibility index (Phi) is 3.61. The molecular formula is C14H19NO3. The smallest absolute Gasteiger partial charge is 0.185 e. The number of hydrogen-bond donors (Lipinski definition) is 1. The lowest BCUT2D eigenvalue weighted by Gasteiger charge is -2.21. The summed E-state index contributed by atoms with van der Waals surface area (Å²) < 4.78 is 17.2. The quantitative estimate of drug-likeness (QED) is 0.873. The van der Waals surface area contributed by atoms with Crippen molar-refractivity contribution in [3.63, 3.8) is 0 Å². The van der Waals surface area contributed by atoms with Gasteiger partial charge in [-0.2, -0.15) is 0 Å². The summed E-state index contributed by atoms with van der Waals surface area (Å²) in [6.07, 6.45) is 0.991. The molecule has 1 N–H and O–H groups in total. The van der Waals surface area contributed by atoms with Crippen molar-refractivity contribution in [2.45, 2.75) is 37.6 Å². The molecule has 0 radical (unpaired) electrons. The highest BCUT2D eigenvalue weighted by molar-refractivity contribution is 5.13. The Morgan fingerprint density at radius 3 is 2.94 bits per heavy atom. The summed E-state index contributed by atoms with van der Waals surface area (Å²) in [6.45, 7) is 1.59. The largest absolute Gasteiger partial charge is 0.367 e. The van der Waals surface area contributed by atoms with E-state index in [1.54, 1.807) is 7.11 Å². The zero-order chi connectivity index (χ0) is 12.4. The lowest BCUT2D eigenvalue weighted by Crippen LogP contribution is -2.41. The Balaban J connectivity index is 1.63. The van der Waals surface area contributed by atoms with Gasteiger partial charge in [0.15, 0.2) is 6.29 Å². The molecule has 2 heterocycles. The van der Waals surface area contributed by atoms with Gasteiger partial charge < -0.3 is 19.5 Å². The highest BCUT2D eigenvalue weighted by Crippen LogP contribution is 2.30. The van der Waals surface area contributed by atoms with Gasteiger partial charge in [-0.25, -0.2) is 0 Å². The van der Waals surface area contributed by atoms with Gasteiger partial charge in [-0.3, -0.25) is 0 Å². The predicted molar refractivity (Wildman–Crippen MR) is 67.1 cm³/mol. The van der Waals surface area contributed by atoms with Crippen LogP contribution in [0, 0.1) is 0 Å². The first kappa shape index (κ1) is 12.1. The minimum absolute atomic E-state index is 0.0253. The van der Waals surface area contributed by atoms with Gasteiger partial charge in [-0.1, -0.05) is 30.3 Å². The number of ether oxygens (including phenoxy) is 3. The van der Waals surface area contributed by atoms with E-state index in [2.05, 4.69) is 17.4 Å². The van der Waals surface area contributed by atoms with Crippen molar-refractivity contribution in [2.75, 3.05) is 13.7 Å². The zero-order valence-corrected chi connectivity index (χ0v) is 10.5. The van der Waals surface area contributed by atoms with E-state index in [0.717, 1.165) is 13.0 Å². The fourth-order valence-electron chi connectivity index (χ4n) is 2.74. The van der Waals surface area contributed by atoms with E-state index in [1.165, 1.54) is 5.56 Å². The maximum Gasteiger partial charge on any atom is 0.185 e. The summed E-state index contributed by atoms with van der Waals surface area (Å²) in [6, 6.07) is 10.4. The fraction of sp³-hybridized carbons (Fsp3) is 0.571. The number of methoxy groups -OCH3 is 1. The van der Waals surface area contributed by atoms with Gasteiger partial charge in [0.25, 0.3) is 0 Å². The second kappa shape index (κ2) is 5.36. The summed E-state index contributed by atoms with van der Waals surface area (Å²) in [4.78, 5) is 0. The fourth-order valence-corrected chi connectivity index (χ4v) is 2.74. The molecule has 4 heteroatoms. The predicted octanol–water partition coefficient (Wildman–Crippen LogP) is 1.30. The molecule has 4 atom stereocenters. The lowest BCUT2D eigenvalue weighted by atomic mass is 10.1. The molecule has 0 unspecified atom stereocenters. The van der Waals surface area contributed by atoms with Gasteiger partial charge in [-0.15, -0.1) is 0 Å². The van der Waals surface area contributed by atoms with E-state index in [1.807, 2.05) is 18.2 Å². The summed E-state index contributed by atoms with van der Waals surface area (Å²) in [5, 5.41) is 3.44. The molecule has 2 aliphatic heterocycles. The van der Waals surface area contributed by atoms with E-state index >= 15 is 0 Å². The highest BCUT2D eigenvalue weighted by atomic mass is 16.7. The normalized spacial score (nSPS) is 34.7. The van der Waals surface area contributed by atoms with Crippen molar-refractivity contribution in [3.05, 3.63) is 35.9 Å². The van der Waals surface area contributed by atoms with E-state index in [9.17, 15) is 0 Å². The first-order valence-electron chi connectivity index (χ1n) is 6.45. The first-order valence-corrected chi connectivity index (χ1v) is 6.45. The van der Waals surface area contributed by atoms with Crippen molar-refractivity contribution >= 4 is 0 Å². The third kappa shape index (κ3) is 2.29. The van der Waals surface area contributed by atoms with Gasteiger partial charge in [0.05, 0.1) is 18.8 Å². The van der Waals surface area contributed by atoms with Crippen LogP contribution in [0.5, 0.6) is 0 Å². The van der Waals surface area contributed by atoms with Crippen LogP contribution in [-0.2, 0) is 20.8 Å². The van der Waals surface area contributed by atoms with Crippen LogP contribution in [0.3, 0.4) is 0 Å². The Labute approximate surface area is 107 Å². The average Bonchev–Trinajstić information content (AvgIpc) is 2.98. The Hall–Kier alpha value is -0.940. The van der Waals surface area contributed by atoms with Gasteiger partial charge >= 0.3 is 0 Å². The summed E-state index contributed by atoms with van der Waals surface area (Å²) in [7, 11) is 1.67. The van der Waals surface area contributed by atoms with Crippen LogP contribution in [0.1, 0.15) is 12.0 Å². The van der Waals surface area contributed by atoms with Crippen molar-refractivity contribution in [1.82, 2.24) is 5.32 Å². The Morgan fingerprint density at radius 2 is 2.17 bits per heavy atom. The second-order valence-corrected chi connectivity index (χ2v) is 4.81. The number of hydrogen-bond acceptors (Lipinski definition) is 4. The van der Waals surface area contributed by atoms with Crippen LogP contribution in [0.25, 0.3) is 0 Å². The SMILES string of the molecule is CO[C@@H]1O[C@H]2CCN[C@H]2[C@H]1OCc1ccccc1. The molecule has 2 fully saturated rings. The van der Waals surface area contributed by atoms with Gasteiger partial charge in [0, 0.05) is 7.11 Å². The monoisotopic (exact) mass is 249 g/mol. The van der Waals surface area contributed by atoms with Gasteiger partial charge in [-0.05, 0) is 18.5 Å². The Bertz CT molecular complexity index is 384. The number of nitrogens with one attached hydrogen (secondary N) is 1. The Morgan fingerprint density at radius 1 is 1.33 bits per heavy atom. The molecular weight excluding hydrogens is 230 g/mol. The maximum absolute atomic E-state index is 5.99. The lowest BCUT2D eigenvalue weighted by molar-refractivity contribution is -0.165. The average molecular weight is 249 g/mol. The van der Waals surface area contributed by atoms with Crippen LogP contribution >= 0.6 is 0 Å². The summed E-state index contributed by atoms with van der Waals surface area (Å²) in [5.74, 6) is 0. The summed E-state index contributed by atoms with van der Waals surface area (Å²) in [5.41, 5.74) is 1.17. The molecule has 0 saturated carbocycles. The molecule has 2 aliphatic rings. The minimum Gasteiger partial charge on any atom is -0.367 e. The molecule has 98 valence electrons. The van der Waals surface area contributed by atoms with Crippen LogP contribution in [0.15, 0.2) is 30.3 Å². The summed E-state index contributed by atoms with van der Waals surface area (Å²) >= 11 is 0. The second-order valence-electron chi connectivity index (χ2n) is 4.81. The molecule has 0 amide bonds. The van der Waals surface area contributed by atoms with Crippen molar-refractivity contribution in [1.29, 1.82) is 0 Å². The highest BCUT2D eigenvalue weighted by Gasteiger charge is 2.47. The van der Waals surface area contributed by atoms with Gasteiger partial charge in [0.2, 0.25) is 0 Å². The number of fused-ring (bicyclic) bond motifs is 1. The van der Waals surface area contributed by atoms with Crippen LogP contribution in [0.2, 0.25) is 0 Å². The van der Waals surface area contributed by atoms with Crippen LogP contribution < -0.4 is 5.32 Å². The molecule has 0 bridgehead atoms. The molecule has 0 aliphatic carbocycles. The van der Waals surface area contributed by atoms with Gasteiger partial charge in [0.1, 0.15) is 6.10 Å². The molecule has 0 aromatic heterocycles. The van der Waals surface area contributed by atoms with E-state index in [0.29, 0.717) is 6.61 Å². The third-order valence-electron chi connectivity index (χ3n) is 3.66. The minimum atomic E-state index is -0.253. The number of rotatable bonds is 4. The molecule has 3 rings (SSSR count). The third-order valence-corrected chi connectivity index (χ3v) is 3.66. The maximum atomic E-state index is 5.99. The van der Waals surface area contributed by atoms with Crippen molar-refractivity contribution in [3.8, 4) is 0 Å². The van der Waals surface area contributed by atoms with Crippen molar-refractivity contribution < 1.29 is 14.2 Å². The zero-order valence-electron chi connectivity index (χ0n) is 10.5. The topological polar surface area (TPSA) is 39.7 Å². The standard InChI is InChI=1S/C14H19NO3/c1-16-14-13(12-11(18-14)7-8-15-12)17-9-10-5-3-2-4-6-10/h2-6,11-15H,7-9H2,1H3/t11-,12+,13+,14+/m0/s1. The van der Waals surface area contributed by atoms with Crippen LogP contribution in [-0.4, -0.2) is 38.2 Å². The molecule has 4 nitrogen and oxygen atoms in total.